The number of aliphatic hydroxyl groups excluding tert-OH is 1. The molecule has 176 valence electrons. The molecule has 1 atom stereocenters. The zero-order chi connectivity index (χ0) is 24.2. The van der Waals surface area contributed by atoms with Gasteiger partial charge in [0.2, 0.25) is 0 Å². The average molecular weight is 445 g/mol. The molecule has 2 nitrogen and oxygen atoms in total. The monoisotopic (exact) mass is 444 g/mol. The number of aryl methyl sites for hydroxylation is 2. The largest absolute Gasteiger partial charge is 0.491 e. The molecular formula is C31H40O2. The summed E-state index contributed by atoms with van der Waals surface area (Å²) in [6.45, 7) is 15.3. The molecule has 0 saturated heterocycles. The van der Waals surface area contributed by atoms with E-state index in [1.54, 1.807) is 0 Å². The molecule has 0 amide bonds. The van der Waals surface area contributed by atoms with Gasteiger partial charge in [-0.3, -0.25) is 0 Å². The van der Waals surface area contributed by atoms with Crippen molar-refractivity contribution in [1.82, 2.24) is 0 Å². The first-order valence-electron chi connectivity index (χ1n) is 12.2. The molecule has 2 heteroatoms. The van der Waals surface area contributed by atoms with Gasteiger partial charge in [-0.25, -0.2) is 0 Å². The van der Waals surface area contributed by atoms with E-state index < -0.39 is 6.10 Å². The van der Waals surface area contributed by atoms with Crippen LogP contribution in [0.4, 0.5) is 0 Å². The van der Waals surface area contributed by atoms with Crippen LogP contribution in [0.15, 0.2) is 66.7 Å². The Morgan fingerprint density at radius 2 is 1.36 bits per heavy atom. The zero-order valence-corrected chi connectivity index (χ0v) is 21.4. The molecule has 1 unspecified atom stereocenters. The number of hydrogen-bond acceptors (Lipinski definition) is 2. The Morgan fingerprint density at radius 3 is 1.88 bits per heavy atom. The molecule has 0 aliphatic heterocycles. The Bertz CT molecular complexity index is 1060. The van der Waals surface area contributed by atoms with E-state index in [4.69, 9.17) is 4.74 Å². The van der Waals surface area contributed by atoms with Crippen LogP contribution in [0.2, 0.25) is 0 Å². The van der Waals surface area contributed by atoms with Crippen molar-refractivity contribution >= 4 is 0 Å². The highest BCUT2D eigenvalue weighted by Crippen LogP contribution is 2.41. The standard InChI is InChI=1S/C31H40O2/c1-8-31(9-2,25-15-17-27(22(3)19-25)24-13-11-10-12-14-24)26-16-18-28(23(4)20-26)33-21-29(32)30(5,6)7/h10-20,29,32H,8-9,21H2,1-7H3. The van der Waals surface area contributed by atoms with Gasteiger partial charge in [-0.05, 0) is 71.6 Å². The van der Waals surface area contributed by atoms with Gasteiger partial charge in [0.15, 0.2) is 0 Å². The number of hydrogen-bond donors (Lipinski definition) is 1. The van der Waals surface area contributed by atoms with Crippen LogP contribution in [0.5, 0.6) is 5.75 Å². The Balaban J connectivity index is 1.93. The predicted molar refractivity (Wildman–Crippen MR) is 140 cm³/mol. The van der Waals surface area contributed by atoms with E-state index in [-0.39, 0.29) is 10.8 Å². The van der Waals surface area contributed by atoms with Crippen molar-refractivity contribution in [2.75, 3.05) is 6.61 Å². The van der Waals surface area contributed by atoms with Crippen LogP contribution in [0.1, 0.15) is 69.7 Å². The number of benzene rings is 3. The minimum Gasteiger partial charge on any atom is -0.491 e. The Hall–Kier alpha value is -2.58. The van der Waals surface area contributed by atoms with E-state index in [2.05, 4.69) is 94.4 Å². The van der Waals surface area contributed by atoms with Crippen molar-refractivity contribution in [3.05, 3.63) is 89.0 Å². The lowest BCUT2D eigenvalue weighted by Gasteiger charge is -2.34. The van der Waals surface area contributed by atoms with Gasteiger partial charge in [-0.1, -0.05) is 95.3 Å². The van der Waals surface area contributed by atoms with Gasteiger partial charge in [-0.15, -0.1) is 0 Å². The molecule has 0 saturated carbocycles. The van der Waals surface area contributed by atoms with Crippen LogP contribution < -0.4 is 4.74 Å². The first-order chi connectivity index (χ1) is 15.6. The molecule has 33 heavy (non-hydrogen) atoms. The van der Waals surface area contributed by atoms with Crippen LogP contribution in [0.3, 0.4) is 0 Å². The van der Waals surface area contributed by atoms with Gasteiger partial charge in [0, 0.05) is 5.41 Å². The summed E-state index contributed by atoms with van der Waals surface area (Å²) in [6, 6.07) is 24.1. The molecule has 0 spiro atoms. The summed E-state index contributed by atoms with van der Waals surface area (Å²) >= 11 is 0. The molecule has 0 fully saturated rings. The molecule has 3 aromatic rings. The van der Waals surface area contributed by atoms with Crippen LogP contribution in [0, 0.1) is 19.3 Å². The summed E-state index contributed by atoms with van der Waals surface area (Å²) in [5.74, 6) is 0.846. The summed E-state index contributed by atoms with van der Waals surface area (Å²) in [7, 11) is 0. The van der Waals surface area contributed by atoms with Gasteiger partial charge < -0.3 is 9.84 Å². The highest BCUT2D eigenvalue weighted by molar-refractivity contribution is 5.68. The second-order valence-electron chi connectivity index (χ2n) is 10.4. The molecule has 3 rings (SSSR count). The number of aliphatic hydroxyl groups is 1. The van der Waals surface area contributed by atoms with Crippen molar-refractivity contribution in [3.63, 3.8) is 0 Å². The van der Waals surface area contributed by atoms with Crippen molar-refractivity contribution in [3.8, 4) is 16.9 Å². The first kappa shape index (κ1) is 25.1. The summed E-state index contributed by atoms with van der Waals surface area (Å²) in [4.78, 5) is 0. The number of ether oxygens (including phenoxy) is 1. The molecule has 3 aromatic carbocycles. The van der Waals surface area contributed by atoms with Crippen LogP contribution in [-0.4, -0.2) is 17.8 Å². The third kappa shape index (κ3) is 5.33. The van der Waals surface area contributed by atoms with Crippen molar-refractivity contribution < 1.29 is 9.84 Å². The third-order valence-corrected chi connectivity index (χ3v) is 7.19. The molecule has 0 heterocycles. The number of rotatable bonds is 8. The molecule has 0 aromatic heterocycles. The quantitative estimate of drug-likeness (QED) is 0.383. The fourth-order valence-corrected chi connectivity index (χ4v) is 4.66. The maximum absolute atomic E-state index is 10.4. The first-order valence-corrected chi connectivity index (χ1v) is 12.2. The van der Waals surface area contributed by atoms with Gasteiger partial charge >= 0.3 is 0 Å². The maximum atomic E-state index is 10.4. The van der Waals surface area contributed by atoms with Crippen molar-refractivity contribution in [2.45, 2.75) is 72.8 Å². The van der Waals surface area contributed by atoms with E-state index in [9.17, 15) is 5.11 Å². The fraction of sp³-hybridized carbons (Fsp3) is 0.419. The Morgan fingerprint density at radius 1 is 0.788 bits per heavy atom. The normalized spacial score (nSPS) is 13.1. The molecular weight excluding hydrogens is 404 g/mol. The second-order valence-corrected chi connectivity index (χ2v) is 10.4. The minimum absolute atomic E-state index is 0.0474. The van der Waals surface area contributed by atoms with Crippen LogP contribution in [0.25, 0.3) is 11.1 Å². The van der Waals surface area contributed by atoms with E-state index in [0.717, 1.165) is 24.2 Å². The molecule has 0 bridgehead atoms. The fourth-order valence-electron chi connectivity index (χ4n) is 4.66. The van der Waals surface area contributed by atoms with E-state index in [1.165, 1.54) is 27.8 Å². The van der Waals surface area contributed by atoms with Crippen LogP contribution in [-0.2, 0) is 5.41 Å². The van der Waals surface area contributed by atoms with Crippen molar-refractivity contribution in [1.29, 1.82) is 0 Å². The van der Waals surface area contributed by atoms with Gasteiger partial charge in [0.25, 0.3) is 0 Å². The smallest absolute Gasteiger partial charge is 0.122 e. The molecule has 0 aliphatic rings. The minimum atomic E-state index is -0.506. The predicted octanol–water partition coefficient (Wildman–Crippen LogP) is 7.86. The lowest BCUT2D eigenvalue weighted by atomic mass is 9.69. The topological polar surface area (TPSA) is 29.5 Å². The second kappa shape index (κ2) is 10.1. The summed E-state index contributed by atoms with van der Waals surface area (Å²) in [5.41, 5.74) is 7.40. The highest BCUT2D eigenvalue weighted by Gasteiger charge is 2.31. The highest BCUT2D eigenvalue weighted by atomic mass is 16.5. The van der Waals surface area contributed by atoms with Gasteiger partial charge in [0.05, 0.1) is 6.10 Å². The van der Waals surface area contributed by atoms with E-state index in [1.807, 2.05) is 20.8 Å². The summed E-state index contributed by atoms with van der Waals surface area (Å²) < 4.78 is 6.00. The van der Waals surface area contributed by atoms with E-state index >= 15 is 0 Å². The Kier molecular flexibility index (Phi) is 7.69. The molecule has 0 aliphatic carbocycles. The maximum Gasteiger partial charge on any atom is 0.122 e. The summed E-state index contributed by atoms with van der Waals surface area (Å²) in [6.07, 6.45) is 1.54. The SMILES string of the molecule is CCC(CC)(c1ccc(OCC(O)C(C)(C)C)c(C)c1)c1ccc(-c2ccccc2)c(C)c1. The van der Waals surface area contributed by atoms with Crippen molar-refractivity contribution in [2.24, 2.45) is 5.41 Å². The zero-order valence-electron chi connectivity index (χ0n) is 21.4. The van der Waals surface area contributed by atoms with Crippen LogP contribution >= 0.6 is 0 Å². The molecule has 1 N–H and O–H groups in total. The Labute approximate surface area is 200 Å². The van der Waals surface area contributed by atoms with Gasteiger partial charge in [0.1, 0.15) is 12.4 Å². The molecule has 0 radical (unpaired) electrons. The lowest BCUT2D eigenvalue weighted by Crippen LogP contribution is -2.32. The third-order valence-electron chi connectivity index (χ3n) is 7.19. The van der Waals surface area contributed by atoms with Gasteiger partial charge in [-0.2, -0.15) is 0 Å². The van der Waals surface area contributed by atoms with E-state index in [0.29, 0.717) is 6.61 Å². The lowest BCUT2D eigenvalue weighted by molar-refractivity contribution is 0.0216. The summed E-state index contributed by atoms with van der Waals surface area (Å²) in [5, 5.41) is 10.4. The average Bonchev–Trinajstić information content (AvgIpc) is 2.79.